The van der Waals surface area contributed by atoms with Crippen molar-refractivity contribution in [2.24, 2.45) is 0 Å². The van der Waals surface area contributed by atoms with Gasteiger partial charge in [-0.05, 0) is 30.0 Å². The fourth-order valence-electron chi connectivity index (χ4n) is 2.00. The predicted octanol–water partition coefficient (Wildman–Crippen LogP) is 3.66. The van der Waals surface area contributed by atoms with E-state index in [2.05, 4.69) is 16.8 Å². The molecule has 0 radical (unpaired) electrons. The van der Waals surface area contributed by atoms with E-state index in [1.807, 2.05) is 37.3 Å². The first kappa shape index (κ1) is 19.3. The van der Waals surface area contributed by atoms with Gasteiger partial charge in [-0.15, -0.1) is 11.3 Å². The van der Waals surface area contributed by atoms with Crippen LogP contribution in [-0.2, 0) is 20.1 Å². The van der Waals surface area contributed by atoms with Gasteiger partial charge in [0.1, 0.15) is 0 Å². The largest absolute Gasteiger partial charge is 0.452 e. The third-order valence-corrected chi connectivity index (χ3v) is 5.26. The number of carbonyl (C=O) groups excluding carboxylic acids is 2. The van der Waals surface area contributed by atoms with Crippen molar-refractivity contribution < 1.29 is 14.3 Å². The summed E-state index contributed by atoms with van der Waals surface area (Å²) < 4.78 is 4.93. The molecule has 25 heavy (non-hydrogen) atoms. The van der Waals surface area contributed by atoms with Crippen molar-refractivity contribution in [2.75, 3.05) is 18.9 Å². The van der Waals surface area contributed by atoms with Crippen LogP contribution in [0, 0.1) is 6.92 Å². The second-order valence-corrected chi connectivity index (χ2v) is 7.47. The summed E-state index contributed by atoms with van der Waals surface area (Å²) in [6, 6.07) is 11.9. The van der Waals surface area contributed by atoms with Crippen LogP contribution in [0.1, 0.15) is 16.0 Å². The van der Waals surface area contributed by atoms with E-state index in [1.54, 1.807) is 29.2 Å². The van der Waals surface area contributed by atoms with Crippen molar-refractivity contribution in [3.63, 3.8) is 0 Å². The monoisotopic (exact) mass is 375 g/mol. The number of ether oxygens (including phenoxy) is 1. The highest BCUT2D eigenvalue weighted by molar-refractivity contribution is 7.98. The van der Waals surface area contributed by atoms with Crippen LogP contribution in [0.2, 0.25) is 0 Å². The van der Waals surface area contributed by atoms with Crippen molar-refractivity contribution in [1.29, 1.82) is 0 Å². The number of thioether (sulfide) groups is 1. The number of aryl methyl sites for hydroxylation is 1. The van der Waals surface area contributed by atoms with Gasteiger partial charge in [0.05, 0.1) is 0 Å². The third kappa shape index (κ3) is 8.05. The van der Waals surface area contributed by atoms with Crippen molar-refractivity contribution in [3.05, 3.63) is 63.9 Å². The van der Waals surface area contributed by atoms with Gasteiger partial charge in [0, 0.05) is 29.0 Å². The van der Waals surface area contributed by atoms with Crippen molar-refractivity contribution in [1.82, 2.24) is 5.32 Å². The molecule has 0 spiro atoms. The molecule has 0 atom stereocenters. The molecule has 1 aromatic carbocycles. The smallest absolute Gasteiger partial charge is 0.331 e. The maximum atomic E-state index is 11.6. The van der Waals surface area contributed by atoms with Crippen LogP contribution in [0.15, 0.2) is 47.9 Å². The lowest BCUT2D eigenvalue weighted by atomic mass is 10.1. The second kappa shape index (κ2) is 10.7. The average Bonchev–Trinajstić information content (AvgIpc) is 3.11. The van der Waals surface area contributed by atoms with Gasteiger partial charge in [-0.3, -0.25) is 4.79 Å². The molecule has 2 rings (SSSR count). The summed E-state index contributed by atoms with van der Waals surface area (Å²) in [4.78, 5) is 24.6. The number of thiophene rings is 1. The van der Waals surface area contributed by atoms with Gasteiger partial charge < -0.3 is 10.1 Å². The molecule has 0 fully saturated rings. The van der Waals surface area contributed by atoms with Gasteiger partial charge in [-0.1, -0.05) is 35.9 Å². The normalized spacial score (nSPS) is 10.8. The van der Waals surface area contributed by atoms with E-state index < -0.39 is 5.97 Å². The highest BCUT2D eigenvalue weighted by Crippen LogP contribution is 2.16. The Bertz CT molecular complexity index is 711. The zero-order chi connectivity index (χ0) is 17.9. The quantitative estimate of drug-likeness (QED) is 0.413. The minimum atomic E-state index is -0.524. The van der Waals surface area contributed by atoms with Gasteiger partial charge in [0.15, 0.2) is 6.61 Å². The fraction of sp³-hybridized carbons (Fsp3) is 0.263. The molecule has 1 heterocycles. The zero-order valence-corrected chi connectivity index (χ0v) is 15.7. The summed E-state index contributed by atoms with van der Waals surface area (Å²) in [5, 5.41) is 4.80. The highest BCUT2D eigenvalue weighted by Gasteiger charge is 2.04. The molecule has 1 amide bonds. The second-order valence-electron chi connectivity index (χ2n) is 5.34. The summed E-state index contributed by atoms with van der Waals surface area (Å²) >= 11 is 3.49. The molecule has 6 heteroatoms. The lowest BCUT2D eigenvalue weighted by Crippen LogP contribution is -2.30. The summed E-state index contributed by atoms with van der Waals surface area (Å²) in [5.74, 6) is 0.967. The van der Waals surface area contributed by atoms with Gasteiger partial charge in [0.2, 0.25) is 0 Å². The first-order valence-corrected chi connectivity index (χ1v) is 9.95. The van der Waals surface area contributed by atoms with Gasteiger partial charge in [-0.2, -0.15) is 11.8 Å². The molecular weight excluding hydrogens is 354 g/mol. The third-order valence-electron chi connectivity index (χ3n) is 3.19. The van der Waals surface area contributed by atoms with E-state index in [0.29, 0.717) is 6.54 Å². The molecule has 1 N–H and O–H groups in total. The summed E-state index contributed by atoms with van der Waals surface area (Å²) in [5.41, 5.74) is 2.04. The van der Waals surface area contributed by atoms with Crippen LogP contribution < -0.4 is 5.32 Å². The molecule has 2 aromatic rings. The number of rotatable bonds is 9. The maximum Gasteiger partial charge on any atom is 0.331 e. The number of esters is 1. The van der Waals surface area contributed by atoms with Crippen LogP contribution in [0.5, 0.6) is 0 Å². The van der Waals surface area contributed by atoms with Crippen LogP contribution >= 0.6 is 23.1 Å². The van der Waals surface area contributed by atoms with Crippen LogP contribution in [0.25, 0.3) is 6.08 Å². The molecule has 1 aromatic heterocycles. The Labute approximate surface area is 156 Å². The highest BCUT2D eigenvalue weighted by atomic mass is 32.2. The lowest BCUT2D eigenvalue weighted by Gasteiger charge is -2.05. The van der Waals surface area contributed by atoms with E-state index >= 15 is 0 Å². The average molecular weight is 376 g/mol. The van der Waals surface area contributed by atoms with Crippen molar-refractivity contribution >= 4 is 41.1 Å². The van der Waals surface area contributed by atoms with Crippen LogP contribution in [0.4, 0.5) is 0 Å². The number of carbonyl (C=O) groups is 2. The zero-order valence-electron chi connectivity index (χ0n) is 14.1. The molecule has 0 unspecified atom stereocenters. The molecule has 132 valence electrons. The lowest BCUT2D eigenvalue weighted by molar-refractivity contribution is -0.143. The molecule has 0 saturated heterocycles. The maximum absolute atomic E-state index is 11.6. The Morgan fingerprint density at radius 1 is 1.28 bits per heavy atom. The predicted molar refractivity (Wildman–Crippen MR) is 105 cm³/mol. The van der Waals surface area contributed by atoms with E-state index in [4.69, 9.17) is 4.74 Å². The summed E-state index contributed by atoms with van der Waals surface area (Å²) in [7, 11) is 0. The Balaban J connectivity index is 1.57. The Hall–Kier alpha value is -2.05. The molecule has 4 nitrogen and oxygen atoms in total. The van der Waals surface area contributed by atoms with E-state index in [-0.39, 0.29) is 12.5 Å². The molecule has 0 aliphatic carbocycles. The first-order chi connectivity index (χ1) is 12.1. The Kier molecular flexibility index (Phi) is 8.28. The van der Waals surface area contributed by atoms with Crippen LogP contribution in [0.3, 0.4) is 0 Å². The minimum Gasteiger partial charge on any atom is -0.452 e. The number of hydrogen-bond donors (Lipinski definition) is 1. The standard InChI is InChI=1S/C19H21NO3S2/c1-15-4-2-5-16(12-15)7-8-19(22)23-13-18(21)20-9-11-24-14-17-6-3-10-25-17/h2-8,10,12H,9,11,13-14H2,1H3,(H,20,21)/b8-7+. The molecule has 0 bridgehead atoms. The van der Waals surface area contributed by atoms with Crippen molar-refractivity contribution in [3.8, 4) is 0 Å². The Morgan fingerprint density at radius 2 is 2.16 bits per heavy atom. The SMILES string of the molecule is Cc1cccc(/C=C/C(=O)OCC(=O)NCCSCc2cccs2)c1. The van der Waals surface area contributed by atoms with Gasteiger partial charge in [0.25, 0.3) is 5.91 Å². The number of amides is 1. The van der Waals surface area contributed by atoms with Crippen LogP contribution in [-0.4, -0.2) is 30.8 Å². The van der Waals surface area contributed by atoms with E-state index in [1.165, 1.54) is 11.0 Å². The van der Waals surface area contributed by atoms with Gasteiger partial charge in [-0.25, -0.2) is 4.79 Å². The number of hydrogen-bond acceptors (Lipinski definition) is 5. The minimum absolute atomic E-state index is 0.257. The first-order valence-electron chi connectivity index (χ1n) is 7.92. The summed E-state index contributed by atoms with van der Waals surface area (Å²) in [6.45, 7) is 2.29. The Morgan fingerprint density at radius 3 is 2.92 bits per heavy atom. The topological polar surface area (TPSA) is 55.4 Å². The van der Waals surface area contributed by atoms with Crippen molar-refractivity contribution in [2.45, 2.75) is 12.7 Å². The molecule has 0 saturated carbocycles. The van der Waals surface area contributed by atoms with E-state index in [9.17, 15) is 9.59 Å². The number of benzene rings is 1. The van der Waals surface area contributed by atoms with Gasteiger partial charge >= 0.3 is 5.97 Å². The number of nitrogens with one attached hydrogen (secondary N) is 1. The summed E-state index contributed by atoms with van der Waals surface area (Å²) in [6.07, 6.45) is 3.01. The molecular formula is C19H21NO3S2. The van der Waals surface area contributed by atoms with E-state index in [0.717, 1.165) is 22.6 Å². The molecule has 0 aliphatic rings. The fourth-order valence-corrected chi connectivity index (χ4v) is 3.70. The molecule has 0 aliphatic heterocycles.